The van der Waals surface area contributed by atoms with Gasteiger partial charge < -0.3 is 25.8 Å². The molecule has 0 aliphatic carbocycles. The molecule has 2 atom stereocenters. The van der Waals surface area contributed by atoms with E-state index >= 15 is 0 Å². The Morgan fingerprint density at radius 3 is 2.62 bits per heavy atom. The Bertz CT molecular complexity index is 564. The van der Waals surface area contributed by atoms with Gasteiger partial charge in [-0.2, -0.15) is 4.89 Å². The lowest BCUT2D eigenvalue weighted by molar-refractivity contribution is -0.239. The van der Waals surface area contributed by atoms with Crippen LogP contribution in [0.25, 0.3) is 0 Å². The number of aliphatic hydroxyl groups excluding tert-OH is 1. The van der Waals surface area contributed by atoms with E-state index in [0.717, 1.165) is 19.3 Å². The molecule has 5 N–H and O–H groups in total. The van der Waals surface area contributed by atoms with Crippen molar-refractivity contribution in [3.05, 3.63) is 18.2 Å². The highest BCUT2D eigenvalue weighted by molar-refractivity contribution is 5.89. The van der Waals surface area contributed by atoms with E-state index in [1.54, 1.807) is 0 Å². The van der Waals surface area contributed by atoms with Crippen molar-refractivity contribution in [2.75, 3.05) is 13.2 Å². The molecule has 0 bridgehead atoms. The van der Waals surface area contributed by atoms with E-state index in [1.165, 1.54) is 12.5 Å². The van der Waals surface area contributed by atoms with Crippen LogP contribution >= 0.6 is 0 Å². The molecule has 0 aliphatic heterocycles. The zero-order valence-electron chi connectivity index (χ0n) is 14.4. The standard InChI is InChI=1S/C15H24N4O7/c1-2-3-4-5-25-26-15(24)19-11(6-10-7-16-9-17-10)13(21)18-12(8-20)14(22)23/h7,9,11-12,20H,2-6,8H2,1H3,(H,16,17)(H,18,21)(H,19,24)(H,22,23)/t11-,12-/m0/s1. The third-order valence-corrected chi connectivity index (χ3v) is 3.34. The fourth-order valence-corrected chi connectivity index (χ4v) is 1.95. The van der Waals surface area contributed by atoms with E-state index in [2.05, 4.69) is 25.5 Å². The number of nitrogens with one attached hydrogen (secondary N) is 3. The fourth-order valence-electron chi connectivity index (χ4n) is 1.95. The van der Waals surface area contributed by atoms with Gasteiger partial charge in [0, 0.05) is 12.6 Å². The molecule has 0 saturated carbocycles. The molecule has 0 saturated heterocycles. The third-order valence-electron chi connectivity index (χ3n) is 3.34. The molecule has 0 aromatic carbocycles. The summed E-state index contributed by atoms with van der Waals surface area (Å²) in [7, 11) is 0. The molecule has 0 fully saturated rings. The van der Waals surface area contributed by atoms with Crippen molar-refractivity contribution < 1.29 is 34.4 Å². The molecule has 1 aromatic heterocycles. The Morgan fingerprint density at radius 2 is 2.04 bits per heavy atom. The summed E-state index contributed by atoms with van der Waals surface area (Å²) in [6, 6.07) is -2.66. The number of rotatable bonds is 12. The van der Waals surface area contributed by atoms with Crippen LogP contribution in [0.3, 0.4) is 0 Å². The number of aromatic nitrogens is 2. The van der Waals surface area contributed by atoms with Crippen molar-refractivity contribution >= 4 is 18.0 Å². The maximum Gasteiger partial charge on any atom is 0.439 e. The highest BCUT2D eigenvalue weighted by Gasteiger charge is 2.27. The van der Waals surface area contributed by atoms with E-state index in [4.69, 9.17) is 15.1 Å². The Morgan fingerprint density at radius 1 is 1.27 bits per heavy atom. The van der Waals surface area contributed by atoms with Crippen LogP contribution in [-0.2, 0) is 25.8 Å². The molecule has 2 amide bonds. The van der Waals surface area contributed by atoms with Gasteiger partial charge in [0.15, 0.2) is 0 Å². The summed E-state index contributed by atoms with van der Waals surface area (Å²) < 4.78 is 0. The van der Waals surface area contributed by atoms with Gasteiger partial charge in [-0.25, -0.2) is 14.6 Å². The molecule has 1 heterocycles. The number of hydrogen-bond acceptors (Lipinski definition) is 7. The number of carbonyl (C=O) groups is 3. The fraction of sp³-hybridized carbons (Fsp3) is 0.600. The van der Waals surface area contributed by atoms with Gasteiger partial charge >= 0.3 is 12.1 Å². The normalized spacial score (nSPS) is 12.8. The average Bonchev–Trinajstić information content (AvgIpc) is 3.11. The molecule has 11 nitrogen and oxygen atoms in total. The molecule has 26 heavy (non-hydrogen) atoms. The molecule has 11 heteroatoms. The quantitative estimate of drug-likeness (QED) is 0.190. The predicted octanol–water partition coefficient (Wildman–Crippen LogP) is -0.269. The van der Waals surface area contributed by atoms with Crippen molar-refractivity contribution in [1.29, 1.82) is 0 Å². The number of imidazole rings is 1. The van der Waals surface area contributed by atoms with Gasteiger partial charge in [0.05, 0.1) is 25.2 Å². The summed E-state index contributed by atoms with van der Waals surface area (Å²) in [5, 5.41) is 22.3. The van der Waals surface area contributed by atoms with Crippen molar-refractivity contribution in [2.24, 2.45) is 0 Å². The summed E-state index contributed by atoms with van der Waals surface area (Å²) in [6.07, 6.45) is 4.54. The molecular formula is C15H24N4O7. The Balaban J connectivity index is 2.61. The van der Waals surface area contributed by atoms with Crippen LogP contribution in [-0.4, -0.2) is 63.4 Å². The maximum atomic E-state index is 12.3. The van der Waals surface area contributed by atoms with Gasteiger partial charge in [-0.05, 0) is 6.42 Å². The van der Waals surface area contributed by atoms with Crippen molar-refractivity contribution in [3.63, 3.8) is 0 Å². The molecule has 1 aromatic rings. The number of aliphatic hydroxyl groups is 1. The second-order valence-electron chi connectivity index (χ2n) is 5.44. The number of carboxylic acid groups (broad SMARTS) is 1. The monoisotopic (exact) mass is 372 g/mol. The highest BCUT2D eigenvalue weighted by Crippen LogP contribution is 2.01. The van der Waals surface area contributed by atoms with Crippen molar-refractivity contribution in [1.82, 2.24) is 20.6 Å². The first kappa shape index (κ1) is 21.4. The predicted molar refractivity (Wildman–Crippen MR) is 87.8 cm³/mol. The number of carboxylic acids is 1. The van der Waals surface area contributed by atoms with Gasteiger partial charge in [-0.3, -0.25) is 9.68 Å². The lowest BCUT2D eigenvalue weighted by atomic mass is 10.1. The van der Waals surface area contributed by atoms with Crippen LogP contribution in [0.1, 0.15) is 31.9 Å². The number of unbranched alkanes of at least 4 members (excludes halogenated alkanes) is 2. The highest BCUT2D eigenvalue weighted by atomic mass is 17.2. The largest absolute Gasteiger partial charge is 0.480 e. The first-order valence-electron chi connectivity index (χ1n) is 8.19. The molecular weight excluding hydrogens is 348 g/mol. The zero-order chi connectivity index (χ0) is 19.4. The van der Waals surface area contributed by atoms with E-state index in [1.807, 2.05) is 6.92 Å². The minimum absolute atomic E-state index is 0.0158. The van der Waals surface area contributed by atoms with Crippen LogP contribution < -0.4 is 10.6 Å². The van der Waals surface area contributed by atoms with E-state index in [-0.39, 0.29) is 13.0 Å². The van der Waals surface area contributed by atoms with Crippen molar-refractivity contribution in [2.45, 2.75) is 44.7 Å². The second kappa shape index (κ2) is 11.8. The summed E-state index contributed by atoms with van der Waals surface area (Å²) in [5.74, 6) is -2.21. The number of aromatic amines is 1. The summed E-state index contributed by atoms with van der Waals surface area (Å²) >= 11 is 0. The Hall–Kier alpha value is -2.66. The molecule has 146 valence electrons. The third kappa shape index (κ3) is 7.94. The zero-order valence-corrected chi connectivity index (χ0v) is 14.4. The van der Waals surface area contributed by atoms with E-state index < -0.39 is 36.7 Å². The summed E-state index contributed by atoms with van der Waals surface area (Å²) in [6.45, 7) is 1.45. The SMILES string of the molecule is CCCCCOOC(=O)N[C@@H](Cc1c[nH]cn1)C(=O)N[C@@H](CO)C(=O)O. The topological polar surface area (TPSA) is 163 Å². The van der Waals surface area contributed by atoms with Crippen LogP contribution in [0.5, 0.6) is 0 Å². The van der Waals surface area contributed by atoms with Crippen molar-refractivity contribution in [3.8, 4) is 0 Å². The number of amides is 2. The molecule has 0 spiro atoms. The minimum atomic E-state index is -1.49. The van der Waals surface area contributed by atoms with Gasteiger partial charge in [0.1, 0.15) is 12.1 Å². The van der Waals surface area contributed by atoms with Crippen LogP contribution in [0.4, 0.5) is 4.79 Å². The molecule has 0 aliphatic rings. The van der Waals surface area contributed by atoms with E-state index in [9.17, 15) is 14.4 Å². The summed E-state index contributed by atoms with van der Waals surface area (Å²) in [5.41, 5.74) is 0.463. The van der Waals surface area contributed by atoms with Gasteiger partial charge in [-0.1, -0.05) is 19.8 Å². The van der Waals surface area contributed by atoms with Crippen LogP contribution in [0, 0.1) is 0 Å². The van der Waals surface area contributed by atoms with Gasteiger partial charge in [0.25, 0.3) is 0 Å². The van der Waals surface area contributed by atoms with Gasteiger partial charge in [0.2, 0.25) is 5.91 Å². The number of hydrogen-bond donors (Lipinski definition) is 5. The first-order chi connectivity index (χ1) is 12.5. The van der Waals surface area contributed by atoms with E-state index in [0.29, 0.717) is 5.69 Å². The maximum absolute atomic E-state index is 12.3. The Labute approximate surface area is 150 Å². The van der Waals surface area contributed by atoms with Crippen LogP contribution in [0.2, 0.25) is 0 Å². The number of carbonyl (C=O) groups excluding carboxylic acids is 2. The minimum Gasteiger partial charge on any atom is -0.480 e. The number of H-pyrrole nitrogens is 1. The lowest BCUT2D eigenvalue weighted by Crippen LogP contribution is -2.53. The number of aliphatic carboxylic acids is 1. The summed E-state index contributed by atoms with van der Waals surface area (Å²) in [4.78, 5) is 50.9. The Kier molecular flexibility index (Phi) is 9.72. The van der Waals surface area contributed by atoms with Gasteiger partial charge in [-0.15, -0.1) is 0 Å². The second-order valence-corrected chi connectivity index (χ2v) is 5.44. The average molecular weight is 372 g/mol. The smallest absolute Gasteiger partial charge is 0.439 e. The number of nitrogens with zero attached hydrogens (tertiary/aromatic N) is 1. The first-order valence-corrected chi connectivity index (χ1v) is 8.19. The lowest BCUT2D eigenvalue weighted by Gasteiger charge is -2.19. The molecule has 0 radical (unpaired) electrons. The molecule has 0 unspecified atom stereocenters. The van der Waals surface area contributed by atoms with Crippen LogP contribution in [0.15, 0.2) is 12.5 Å². The molecule has 1 rings (SSSR count).